The molecule has 1 unspecified atom stereocenters. The van der Waals surface area contributed by atoms with E-state index in [1.165, 1.54) is 11.3 Å². The number of anilines is 2. The maximum atomic E-state index is 12.9. The smallest absolute Gasteiger partial charge is 0.270 e. The highest BCUT2D eigenvalue weighted by atomic mass is 32.1. The molecule has 0 aromatic carbocycles. The molecule has 14 nitrogen and oxygen atoms in total. The van der Waals surface area contributed by atoms with Crippen molar-refractivity contribution < 1.29 is 14.3 Å². The minimum atomic E-state index is -0.585. The number of ether oxygens (including phenoxy) is 1. The Morgan fingerprint density at radius 3 is 2.33 bits per heavy atom. The molecule has 6 rings (SSSR count). The van der Waals surface area contributed by atoms with Crippen LogP contribution in [-0.4, -0.2) is 69.8 Å². The fourth-order valence-corrected chi connectivity index (χ4v) is 5.57. The van der Waals surface area contributed by atoms with E-state index in [1.54, 1.807) is 25.3 Å². The topological polar surface area (TPSA) is 189 Å². The second-order valence-electron chi connectivity index (χ2n) is 11.4. The van der Waals surface area contributed by atoms with Crippen molar-refractivity contribution >= 4 is 35.0 Å². The summed E-state index contributed by atoms with van der Waals surface area (Å²) in [6.45, 7) is 8.37. The predicted octanol–water partition coefficient (Wildman–Crippen LogP) is 4.68. The normalized spacial score (nSPS) is 13.6. The van der Waals surface area contributed by atoms with E-state index >= 15 is 0 Å². The molecule has 1 aliphatic carbocycles. The number of carbonyl (C=O) groups is 2. The number of nitrogens with zero attached hydrogens (tertiary/aromatic N) is 7. The molecule has 232 valence electrons. The summed E-state index contributed by atoms with van der Waals surface area (Å²) in [5.41, 5.74) is 3.21. The van der Waals surface area contributed by atoms with E-state index in [0.29, 0.717) is 57.7 Å². The number of nitrogens with one attached hydrogen (secondary N) is 4. The van der Waals surface area contributed by atoms with Gasteiger partial charge in [0, 0.05) is 18.2 Å². The first-order valence-electron chi connectivity index (χ1n) is 14.7. The molecule has 15 heteroatoms. The third-order valence-corrected chi connectivity index (χ3v) is 8.20. The minimum absolute atomic E-state index is 0.217. The van der Waals surface area contributed by atoms with Gasteiger partial charge < -0.3 is 14.7 Å². The number of amides is 2. The number of rotatable bonds is 12. The molecule has 1 aliphatic rings. The molecule has 0 saturated heterocycles. The Labute approximate surface area is 262 Å². The van der Waals surface area contributed by atoms with Gasteiger partial charge in [0.2, 0.25) is 11.9 Å². The van der Waals surface area contributed by atoms with E-state index in [2.05, 4.69) is 64.8 Å². The summed E-state index contributed by atoms with van der Waals surface area (Å²) in [7, 11) is 0. The van der Waals surface area contributed by atoms with E-state index in [4.69, 9.17) is 9.72 Å². The average molecular weight is 628 g/mol. The van der Waals surface area contributed by atoms with Gasteiger partial charge in [0.25, 0.3) is 11.8 Å². The van der Waals surface area contributed by atoms with Gasteiger partial charge in [0.1, 0.15) is 22.4 Å². The second kappa shape index (κ2) is 13.0. The van der Waals surface area contributed by atoms with Crippen LogP contribution in [0.15, 0.2) is 36.5 Å². The molecule has 0 aliphatic heterocycles. The van der Waals surface area contributed by atoms with Crippen LogP contribution in [0.2, 0.25) is 0 Å². The zero-order valence-corrected chi connectivity index (χ0v) is 26.1. The second-order valence-corrected chi connectivity index (χ2v) is 12.5. The number of pyridine rings is 2. The number of hydrogen-bond donors (Lipinski definition) is 4. The third-order valence-electron chi connectivity index (χ3n) is 7.02. The Morgan fingerprint density at radius 1 is 0.933 bits per heavy atom. The van der Waals surface area contributed by atoms with Crippen molar-refractivity contribution in [2.45, 2.75) is 53.1 Å². The fourth-order valence-electron chi connectivity index (χ4n) is 4.40. The van der Waals surface area contributed by atoms with Crippen molar-refractivity contribution in [3.63, 3.8) is 0 Å². The molecule has 5 aromatic heterocycles. The Bertz CT molecular complexity index is 1810. The number of thiazole rings is 1. The number of aromatic amines is 2. The first-order chi connectivity index (χ1) is 21.7. The Kier molecular flexibility index (Phi) is 8.71. The van der Waals surface area contributed by atoms with Crippen molar-refractivity contribution in [2.24, 2.45) is 11.8 Å². The van der Waals surface area contributed by atoms with Crippen molar-refractivity contribution in [3.8, 4) is 34.3 Å². The lowest BCUT2D eigenvalue weighted by molar-refractivity contribution is -0.126. The Morgan fingerprint density at radius 2 is 1.64 bits per heavy atom. The quantitative estimate of drug-likeness (QED) is 0.151. The number of aromatic nitrogens is 9. The van der Waals surface area contributed by atoms with Crippen LogP contribution in [0, 0.1) is 18.8 Å². The summed E-state index contributed by atoms with van der Waals surface area (Å²) in [4.78, 5) is 45.6. The first-order valence-corrected chi connectivity index (χ1v) is 15.5. The summed E-state index contributed by atoms with van der Waals surface area (Å²) in [5, 5.41) is 22.8. The van der Waals surface area contributed by atoms with Gasteiger partial charge in [-0.3, -0.25) is 25.2 Å². The molecule has 2 amide bonds. The van der Waals surface area contributed by atoms with Crippen LogP contribution >= 0.6 is 11.3 Å². The van der Waals surface area contributed by atoms with E-state index in [0.717, 1.165) is 29.8 Å². The van der Waals surface area contributed by atoms with Crippen LogP contribution in [0.5, 0.6) is 0 Å². The molecule has 1 fully saturated rings. The highest BCUT2D eigenvalue weighted by Gasteiger charge is 2.24. The minimum Gasteiger partial charge on any atom is -0.368 e. The summed E-state index contributed by atoms with van der Waals surface area (Å²) in [5.74, 6) is 1.69. The third kappa shape index (κ3) is 7.44. The summed E-state index contributed by atoms with van der Waals surface area (Å²) < 4.78 is 5.61. The summed E-state index contributed by atoms with van der Waals surface area (Å²) in [6, 6.07) is 9.15. The maximum absolute atomic E-state index is 12.9. The van der Waals surface area contributed by atoms with Gasteiger partial charge in [-0.2, -0.15) is 0 Å². The van der Waals surface area contributed by atoms with Crippen LogP contribution in [0.1, 0.15) is 54.0 Å². The van der Waals surface area contributed by atoms with Crippen LogP contribution in [0.25, 0.3) is 34.3 Å². The summed E-state index contributed by atoms with van der Waals surface area (Å²) >= 11 is 1.39. The number of aryl methyl sites for hydroxylation is 1. The zero-order chi connectivity index (χ0) is 31.5. The van der Waals surface area contributed by atoms with E-state index in [1.807, 2.05) is 25.1 Å². The molecule has 45 heavy (non-hydrogen) atoms. The van der Waals surface area contributed by atoms with Gasteiger partial charge in [-0.05, 0) is 62.8 Å². The molecule has 5 aromatic rings. The van der Waals surface area contributed by atoms with Gasteiger partial charge in [0.05, 0.1) is 23.0 Å². The largest absolute Gasteiger partial charge is 0.368 e. The van der Waals surface area contributed by atoms with Crippen LogP contribution in [0.3, 0.4) is 0 Å². The number of carbonyl (C=O) groups excluding carboxylic acids is 2. The maximum Gasteiger partial charge on any atom is 0.270 e. The molecule has 4 N–H and O–H groups in total. The van der Waals surface area contributed by atoms with Gasteiger partial charge in [-0.1, -0.05) is 19.9 Å². The highest BCUT2D eigenvalue weighted by Crippen LogP contribution is 2.29. The van der Waals surface area contributed by atoms with Crippen molar-refractivity contribution in [2.75, 3.05) is 17.2 Å². The van der Waals surface area contributed by atoms with E-state index < -0.39 is 6.10 Å². The molecule has 1 saturated carbocycles. The van der Waals surface area contributed by atoms with Gasteiger partial charge in [-0.25, -0.2) is 9.97 Å². The van der Waals surface area contributed by atoms with E-state index in [-0.39, 0.29) is 23.7 Å². The van der Waals surface area contributed by atoms with Gasteiger partial charge in [0.15, 0.2) is 11.6 Å². The number of hydrogen-bond acceptors (Lipinski definition) is 11. The SMILES string of the molecule is Cc1nc(CC(C)C)sc1C(=O)Nc1nnc(-c2cccc(-c3ccc(-c4nnc(NC(=O)C(C)OCC5CC5)[nH]4)nc3)n2)[nH]1. The average Bonchev–Trinajstić information content (AvgIpc) is 3.35. The van der Waals surface area contributed by atoms with Crippen LogP contribution in [-0.2, 0) is 16.0 Å². The predicted molar refractivity (Wildman–Crippen MR) is 168 cm³/mol. The van der Waals surface area contributed by atoms with Crippen molar-refractivity contribution in [1.29, 1.82) is 0 Å². The lowest BCUT2D eigenvalue weighted by Crippen LogP contribution is -2.28. The van der Waals surface area contributed by atoms with Gasteiger partial charge in [-0.15, -0.1) is 31.7 Å². The lowest BCUT2D eigenvalue weighted by Gasteiger charge is -2.11. The monoisotopic (exact) mass is 627 g/mol. The van der Waals surface area contributed by atoms with Crippen LogP contribution < -0.4 is 10.6 Å². The Hall–Kier alpha value is -4.89. The van der Waals surface area contributed by atoms with Crippen molar-refractivity contribution in [3.05, 3.63) is 52.1 Å². The fraction of sp³-hybridized carbons (Fsp3) is 0.367. The molecule has 0 radical (unpaired) electrons. The molecule has 0 spiro atoms. The van der Waals surface area contributed by atoms with Gasteiger partial charge >= 0.3 is 0 Å². The Balaban J connectivity index is 1.09. The lowest BCUT2D eigenvalue weighted by atomic mass is 10.1. The summed E-state index contributed by atoms with van der Waals surface area (Å²) in [6.07, 6.45) is 4.22. The molecule has 5 heterocycles. The molecular formula is C30H33N11O3S. The molecule has 1 atom stereocenters. The van der Waals surface area contributed by atoms with Crippen molar-refractivity contribution in [1.82, 2.24) is 45.3 Å². The number of H-pyrrole nitrogens is 2. The molecule has 0 bridgehead atoms. The van der Waals surface area contributed by atoms with E-state index in [9.17, 15) is 9.59 Å². The molecular weight excluding hydrogens is 594 g/mol. The zero-order valence-electron chi connectivity index (χ0n) is 25.3. The standard InChI is InChI=1S/C30H33N11O3S/c1-15(2)12-23-32-16(3)24(45-23)28(43)37-30-35-26(39-41-30)22-7-5-6-20(33-22)19-10-11-21(31-13-19)25-34-29(40-38-25)36-27(42)17(4)44-14-18-8-9-18/h5-7,10-11,13,15,17-18H,8-9,12,14H2,1-4H3,(H2,34,36,38,40,42)(H2,35,37,39,41,43). The highest BCUT2D eigenvalue weighted by molar-refractivity contribution is 7.13. The first kappa shape index (κ1) is 30.1. The van der Waals surface area contributed by atoms with Crippen LogP contribution in [0.4, 0.5) is 11.9 Å².